The van der Waals surface area contributed by atoms with Gasteiger partial charge in [0.1, 0.15) is 12.4 Å². The van der Waals surface area contributed by atoms with Crippen molar-refractivity contribution in [2.75, 3.05) is 43.1 Å². The summed E-state index contributed by atoms with van der Waals surface area (Å²) in [5.74, 6) is 2.08. The second-order valence-corrected chi connectivity index (χ2v) is 13.5. The van der Waals surface area contributed by atoms with Crippen molar-refractivity contribution in [3.05, 3.63) is 107 Å². The van der Waals surface area contributed by atoms with Gasteiger partial charge in [0.25, 0.3) is 5.91 Å². The summed E-state index contributed by atoms with van der Waals surface area (Å²) in [5.41, 5.74) is 8.10. The van der Waals surface area contributed by atoms with E-state index in [1.165, 1.54) is 0 Å². The topological polar surface area (TPSA) is 63.7 Å². The average Bonchev–Trinajstić information content (AvgIpc) is 3.25. The van der Waals surface area contributed by atoms with Gasteiger partial charge >= 0.3 is 0 Å². The van der Waals surface area contributed by atoms with Crippen molar-refractivity contribution in [1.29, 1.82) is 0 Å². The molecule has 0 unspecified atom stereocenters. The van der Waals surface area contributed by atoms with Crippen molar-refractivity contribution in [2.45, 2.75) is 57.6 Å². The fourth-order valence-electron chi connectivity index (χ4n) is 5.58. The number of carbonyl (C=O) groups excluding carboxylic acids is 1. The van der Waals surface area contributed by atoms with Gasteiger partial charge < -0.3 is 19.7 Å². The Morgan fingerprint density at radius 2 is 1.74 bits per heavy atom. The Kier molecular flexibility index (Phi) is 12.5. The molecule has 4 aromatic rings. The number of aromatic nitrogens is 1. The van der Waals surface area contributed by atoms with Gasteiger partial charge in [-0.05, 0) is 109 Å². The van der Waals surface area contributed by atoms with Crippen LogP contribution in [0.15, 0.2) is 95.4 Å². The molecule has 0 fully saturated rings. The van der Waals surface area contributed by atoms with Gasteiger partial charge in [-0.1, -0.05) is 51.5 Å². The monoisotopic (exact) mass is 649 g/mol. The third-order valence-corrected chi connectivity index (χ3v) is 9.04. The molecule has 1 amide bonds. The summed E-state index contributed by atoms with van der Waals surface area (Å²) in [7, 11) is 0. The van der Waals surface area contributed by atoms with E-state index in [0.717, 1.165) is 94.0 Å². The predicted octanol–water partition coefficient (Wildman–Crippen LogP) is 9.43. The zero-order valence-corrected chi connectivity index (χ0v) is 28.9. The number of rotatable bonds is 15. The van der Waals surface area contributed by atoms with Gasteiger partial charge in [0.05, 0.1) is 12.3 Å². The van der Waals surface area contributed by atoms with Gasteiger partial charge in [-0.2, -0.15) is 0 Å². The van der Waals surface area contributed by atoms with E-state index >= 15 is 0 Å². The van der Waals surface area contributed by atoms with Crippen LogP contribution in [0.25, 0.3) is 17.2 Å². The molecule has 1 aliphatic rings. The Hall–Kier alpha value is -4.07. The highest BCUT2D eigenvalue weighted by Gasteiger charge is 2.21. The summed E-state index contributed by atoms with van der Waals surface area (Å²) >= 11 is 1.74. The van der Waals surface area contributed by atoms with Crippen LogP contribution >= 0.6 is 11.8 Å². The molecule has 6 nitrogen and oxygen atoms in total. The number of carbonyl (C=O) groups is 1. The second kappa shape index (κ2) is 17.2. The van der Waals surface area contributed by atoms with Crippen molar-refractivity contribution in [2.24, 2.45) is 5.92 Å². The van der Waals surface area contributed by atoms with E-state index in [4.69, 9.17) is 9.47 Å². The number of thioether (sulfide) groups is 1. The summed E-state index contributed by atoms with van der Waals surface area (Å²) in [5, 5.41) is 3.15. The standard InChI is InChI=1S/C40H47N3O3S/c1-5-6-22-45-23-24-46-37-15-10-31(11-16-37)32-12-19-39-34(25-32)26-33(20-21-43(39)27-29(2)3)40(44)42-35-13-17-38(18-14-35)47-28-36-9-7-8-30(4)41-36/h7-19,25-26,29H,5-6,20-24,27-28H2,1-4H3,(H,42,44). The summed E-state index contributed by atoms with van der Waals surface area (Å²) in [6, 6.07) is 29.0. The maximum absolute atomic E-state index is 13.6. The zero-order valence-electron chi connectivity index (χ0n) is 28.1. The molecule has 7 heteroatoms. The van der Waals surface area contributed by atoms with Gasteiger partial charge in [-0.15, -0.1) is 11.8 Å². The molecule has 1 aliphatic heterocycles. The molecule has 0 spiro atoms. The van der Waals surface area contributed by atoms with E-state index in [0.29, 0.717) is 25.6 Å². The molecule has 5 rings (SSSR count). The molecular formula is C40H47N3O3S. The molecule has 1 N–H and O–H groups in total. The van der Waals surface area contributed by atoms with Crippen LogP contribution in [0.2, 0.25) is 0 Å². The number of pyridine rings is 1. The summed E-state index contributed by atoms with van der Waals surface area (Å²) < 4.78 is 11.5. The van der Waals surface area contributed by atoms with E-state index in [1.54, 1.807) is 11.8 Å². The highest BCUT2D eigenvalue weighted by Crippen LogP contribution is 2.34. The minimum Gasteiger partial charge on any atom is -0.491 e. The summed E-state index contributed by atoms with van der Waals surface area (Å²) in [6.07, 6.45) is 4.96. The van der Waals surface area contributed by atoms with Crippen LogP contribution in [0.1, 0.15) is 57.0 Å². The normalized spacial score (nSPS) is 12.8. The number of hydrogen-bond donors (Lipinski definition) is 1. The molecule has 0 aliphatic carbocycles. The minimum absolute atomic E-state index is 0.0581. The Labute approximate surface area is 284 Å². The van der Waals surface area contributed by atoms with E-state index in [2.05, 4.69) is 90.6 Å². The fraction of sp³-hybridized carbons (Fsp3) is 0.350. The highest BCUT2D eigenvalue weighted by molar-refractivity contribution is 7.98. The number of benzene rings is 3. The lowest BCUT2D eigenvalue weighted by Gasteiger charge is -2.27. The van der Waals surface area contributed by atoms with Crippen LogP contribution in [-0.2, 0) is 15.3 Å². The highest BCUT2D eigenvalue weighted by atomic mass is 32.2. The molecule has 0 saturated carbocycles. The molecule has 47 heavy (non-hydrogen) atoms. The second-order valence-electron chi connectivity index (χ2n) is 12.4. The van der Waals surface area contributed by atoms with Gasteiger partial charge in [0.15, 0.2) is 0 Å². The Balaban J connectivity index is 1.27. The SMILES string of the molecule is CCCCOCCOc1ccc(-c2ccc3c(c2)C=C(C(=O)Nc2ccc(SCc4cccc(C)n4)cc2)CCN3CC(C)C)cc1. The number of fused-ring (bicyclic) bond motifs is 1. The van der Waals surface area contributed by atoms with E-state index in [9.17, 15) is 4.79 Å². The molecule has 3 aromatic carbocycles. The van der Waals surface area contributed by atoms with E-state index < -0.39 is 0 Å². The fourth-order valence-corrected chi connectivity index (χ4v) is 6.38. The molecule has 0 bridgehead atoms. The number of nitrogens with one attached hydrogen (secondary N) is 1. The molecule has 0 atom stereocenters. The third kappa shape index (κ3) is 10.2. The molecule has 0 saturated heterocycles. The summed E-state index contributed by atoms with van der Waals surface area (Å²) in [4.78, 5) is 21.7. The van der Waals surface area contributed by atoms with Gasteiger partial charge in [-0.3, -0.25) is 9.78 Å². The van der Waals surface area contributed by atoms with Crippen molar-refractivity contribution in [3.63, 3.8) is 0 Å². The van der Waals surface area contributed by atoms with E-state index in [-0.39, 0.29) is 5.91 Å². The number of ether oxygens (including phenoxy) is 2. The molecule has 1 aromatic heterocycles. The maximum atomic E-state index is 13.6. The number of amides is 1. The van der Waals surface area contributed by atoms with Crippen LogP contribution in [0, 0.1) is 12.8 Å². The Morgan fingerprint density at radius 3 is 2.49 bits per heavy atom. The first-order valence-corrected chi connectivity index (χ1v) is 17.7. The molecule has 2 heterocycles. The quantitative estimate of drug-likeness (QED) is 0.102. The van der Waals surface area contributed by atoms with Crippen LogP contribution in [0.5, 0.6) is 5.75 Å². The van der Waals surface area contributed by atoms with Crippen LogP contribution in [0.4, 0.5) is 11.4 Å². The first-order chi connectivity index (χ1) is 22.9. The van der Waals surface area contributed by atoms with Crippen molar-refractivity contribution < 1.29 is 14.3 Å². The number of unbranched alkanes of at least 4 members (excludes halogenated alkanes) is 1. The number of aryl methyl sites for hydroxylation is 1. The number of hydrogen-bond acceptors (Lipinski definition) is 6. The Bertz CT molecular complexity index is 1630. The predicted molar refractivity (Wildman–Crippen MR) is 196 cm³/mol. The molecule has 0 radical (unpaired) electrons. The average molecular weight is 650 g/mol. The lowest BCUT2D eigenvalue weighted by Crippen LogP contribution is -2.29. The number of anilines is 2. The first-order valence-electron chi connectivity index (χ1n) is 16.7. The zero-order chi connectivity index (χ0) is 33.0. The largest absolute Gasteiger partial charge is 0.491 e. The van der Waals surface area contributed by atoms with Crippen molar-refractivity contribution in [3.8, 4) is 16.9 Å². The van der Waals surface area contributed by atoms with Crippen LogP contribution in [0.3, 0.4) is 0 Å². The van der Waals surface area contributed by atoms with Crippen molar-refractivity contribution in [1.82, 2.24) is 4.98 Å². The molecule has 246 valence electrons. The minimum atomic E-state index is -0.0581. The van der Waals surface area contributed by atoms with E-state index in [1.807, 2.05) is 43.3 Å². The van der Waals surface area contributed by atoms with Gasteiger partial charge in [0, 0.05) is 53.0 Å². The summed E-state index contributed by atoms with van der Waals surface area (Å²) in [6.45, 7) is 12.3. The maximum Gasteiger partial charge on any atom is 0.251 e. The molecular weight excluding hydrogens is 603 g/mol. The third-order valence-electron chi connectivity index (χ3n) is 8.00. The smallest absolute Gasteiger partial charge is 0.251 e. The van der Waals surface area contributed by atoms with Crippen LogP contribution < -0.4 is 15.0 Å². The Morgan fingerprint density at radius 1 is 0.957 bits per heavy atom. The van der Waals surface area contributed by atoms with Gasteiger partial charge in [-0.25, -0.2) is 0 Å². The lowest BCUT2D eigenvalue weighted by atomic mass is 10.00. The number of nitrogens with zero attached hydrogens (tertiary/aromatic N) is 2. The van der Waals surface area contributed by atoms with Crippen molar-refractivity contribution >= 4 is 35.1 Å². The van der Waals surface area contributed by atoms with Crippen LogP contribution in [-0.4, -0.2) is 43.8 Å². The van der Waals surface area contributed by atoms with Gasteiger partial charge in [0.2, 0.25) is 0 Å². The lowest BCUT2D eigenvalue weighted by molar-refractivity contribution is -0.112. The first kappa shape index (κ1) is 34.3.